The molecule has 2 aliphatic heterocycles. The number of benzene rings is 5. The van der Waals surface area contributed by atoms with Crippen molar-refractivity contribution in [2.75, 3.05) is 43.6 Å². The van der Waals surface area contributed by atoms with E-state index < -0.39 is 78.2 Å². The molecule has 0 aromatic heterocycles. The first kappa shape index (κ1) is 81.7. The fourth-order valence-corrected chi connectivity index (χ4v) is 13.2. The molecule has 8 rings (SSSR count). The molecule has 0 saturated heterocycles. The number of unbranched alkanes of at least 4 members (excludes halogenated alkanes) is 2. The zero-order valence-corrected chi connectivity index (χ0v) is 65.3. The average molecular weight is 1350 g/mol. The smallest absolute Gasteiger partial charge is 0.750 e. The van der Waals surface area contributed by atoms with E-state index >= 15 is 0 Å². The third-order valence-electron chi connectivity index (χ3n) is 15.4. The van der Waals surface area contributed by atoms with E-state index in [-0.39, 0.29) is 191 Å². The molecule has 0 bridgehead atoms. The Morgan fingerprint density at radius 3 is 1.98 bits per heavy atom. The van der Waals surface area contributed by atoms with E-state index in [0.717, 1.165) is 50.9 Å². The summed E-state index contributed by atoms with van der Waals surface area (Å²) in [5.41, 5.74) is 7.17. The number of fused-ring (bicyclic) bond motifs is 6. The van der Waals surface area contributed by atoms with Gasteiger partial charge in [0.15, 0.2) is 5.71 Å². The van der Waals surface area contributed by atoms with Gasteiger partial charge in [-0.15, -0.1) is 0 Å². The number of hydrogen-bond donors (Lipinski definition) is 0. The summed E-state index contributed by atoms with van der Waals surface area (Å²) in [7, 11) is -9.59. The van der Waals surface area contributed by atoms with Gasteiger partial charge in [-0.1, -0.05) is 26.0 Å². The van der Waals surface area contributed by atoms with Gasteiger partial charge in [0.1, 0.15) is 52.9 Å². The Bertz CT molecular complexity index is 3870. The molecule has 3 aliphatic rings. The number of carbonyl (C=O) groups excluding carboxylic acids is 2. The van der Waals surface area contributed by atoms with Crippen molar-refractivity contribution in [3.63, 3.8) is 0 Å². The van der Waals surface area contributed by atoms with Gasteiger partial charge >= 0.3 is 148 Å². The van der Waals surface area contributed by atoms with Gasteiger partial charge in [-0.25, -0.2) is 21.0 Å². The van der Waals surface area contributed by atoms with E-state index in [1.807, 2.05) is 102 Å². The van der Waals surface area contributed by atoms with Gasteiger partial charge in [-0.3, -0.25) is 5.04 Å². The Morgan fingerprint density at radius 2 is 1.37 bits per heavy atom. The second-order valence-corrected chi connectivity index (χ2v) is 26.0. The quantitative estimate of drug-likeness (QED) is 0.00725. The first-order valence-electron chi connectivity index (χ1n) is 26.7. The van der Waals surface area contributed by atoms with Gasteiger partial charge in [0.05, 0.1) is 67.9 Å². The van der Waals surface area contributed by atoms with Gasteiger partial charge in [0, 0.05) is 63.3 Å². The minimum absolute atomic E-state index is 0. The molecule has 1 atom stereocenters. The maximum Gasteiger partial charge on any atom is 1.00 e. The van der Waals surface area contributed by atoms with Crippen LogP contribution in [-0.2, 0) is 65.6 Å². The van der Waals surface area contributed by atoms with E-state index in [1.165, 1.54) is 6.07 Å². The standard InChI is InChI=1S/C59H66N2O19S4.5Na/c1-35-27-42(28-36(2)37(35)3)78-57-38(17-21-49-58(4,5)55-45(60(49)23-8-10-25-77-82(67)68)19-15-40-29-43(81-80-79-66)31-47(53(40)55)75-33-51(62)63)13-12-14-39(57)18-22-50-59(6,7)56-46(61(50)24-9-11-26-83(69,70)71)20-16-41-30-44(84(72,73)74)32-48(54(41)56)76-34-52(64)65;;;;;/h15-22,27-32H,8-14,23-26,33-34H2,1-7H3,(H5-,62,63,64,65,66,67,68,69,70,71,72,73,74);;;;;/q;5*+1/p-5. The van der Waals surface area contributed by atoms with Crippen LogP contribution < -0.4 is 182 Å². The Labute approximate surface area is 636 Å². The van der Waals surface area contributed by atoms with Crippen molar-refractivity contribution in [3.8, 4) is 17.2 Å². The normalized spacial score (nSPS) is 16.3. The van der Waals surface area contributed by atoms with E-state index in [9.17, 15) is 59.8 Å². The summed E-state index contributed by atoms with van der Waals surface area (Å²) in [6.45, 7) is 12.7. The summed E-state index contributed by atoms with van der Waals surface area (Å²) in [6, 6.07) is 16.5. The number of anilines is 1. The number of aliphatic carboxylic acids is 2. The zero-order valence-electron chi connectivity index (χ0n) is 52.1. The maximum atomic E-state index is 12.4. The molecule has 0 N–H and O–H groups in total. The second-order valence-electron chi connectivity index (χ2n) is 21.7. The number of carbonyl (C=O) groups is 2. The van der Waals surface area contributed by atoms with Crippen molar-refractivity contribution in [2.45, 2.75) is 114 Å². The molecule has 1 aliphatic carbocycles. The first-order valence-corrected chi connectivity index (χ1v) is 31.5. The molecule has 0 spiro atoms. The second kappa shape index (κ2) is 35.0. The predicted molar refractivity (Wildman–Crippen MR) is 303 cm³/mol. The number of allylic oxidation sites excluding steroid dienone is 7. The Morgan fingerprint density at radius 1 is 0.753 bits per heavy atom. The molecule has 0 amide bonds. The van der Waals surface area contributed by atoms with Gasteiger partial charge in [0.2, 0.25) is 5.69 Å². The number of aryl methyl sites for hydroxylation is 2. The molecule has 450 valence electrons. The van der Waals surface area contributed by atoms with Gasteiger partial charge in [-0.2, -0.15) is 8.91 Å². The average Bonchev–Trinajstić information content (AvgIpc) is 1.62. The third kappa shape index (κ3) is 19.8. The van der Waals surface area contributed by atoms with Crippen LogP contribution in [-0.4, -0.2) is 95.6 Å². The predicted octanol–water partition coefficient (Wildman–Crippen LogP) is -8.70. The fourth-order valence-electron chi connectivity index (χ4n) is 11.4. The van der Waals surface area contributed by atoms with Crippen LogP contribution in [0.3, 0.4) is 0 Å². The molecule has 89 heavy (non-hydrogen) atoms. The number of hydrogen-bond acceptors (Lipinski definition) is 21. The summed E-state index contributed by atoms with van der Waals surface area (Å²) in [5.74, 6) is -2.51. The minimum Gasteiger partial charge on any atom is -0.750 e. The van der Waals surface area contributed by atoms with E-state index in [4.69, 9.17) is 18.4 Å². The molecule has 21 nitrogen and oxygen atoms in total. The van der Waals surface area contributed by atoms with Crippen molar-refractivity contribution in [1.29, 1.82) is 0 Å². The third-order valence-corrected chi connectivity index (χ3v) is 17.9. The van der Waals surface area contributed by atoms with Crippen molar-refractivity contribution in [3.05, 3.63) is 135 Å². The van der Waals surface area contributed by atoms with Crippen LogP contribution in [0, 0.1) is 20.8 Å². The molecule has 1 unspecified atom stereocenters. The molecule has 5 aromatic rings. The number of carboxylic acid groups (broad SMARTS) is 2. The molecule has 5 aromatic carbocycles. The van der Waals surface area contributed by atoms with E-state index in [1.54, 1.807) is 24.3 Å². The molecular weight excluding hydrogens is 1280 g/mol. The molecule has 30 heteroatoms. The molecular formula is C59H61N2Na5O19S4. The number of ether oxygens (including phenoxy) is 3. The molecule has 0 fully saturated rings. The number of rotatable bonds is 26. The topological polar surface area (TPSA) is 319 Å². The van der Waals surface area contributed by atoms with Crippen molar-refractivity contribution in [2.24, 2.45) is 0 Å². The van der Waals surface area contributed by atoms with Crippen LogP contribution >= 0.6 is 12.0 Å². The largest absolute Gasteiger partial charge is 1.00 e. The zero-order chi connectivity index (χ0) is 61.1. The maximum absolute atomic E-state index is 12.4. The van der Waals surface area contributed by atoms with Crippen molar-refractivity contribution >= 4 is 94.2 Å². The Hall–Kier alpha value is -1.49. The van der Waals surface area contributed by atoms with Gasteiger partial charge < -0.3 is 62.0 Å². The van der Waals surface area contributed by atoms with Crippen LogP contribution in [0.1, 0.15) is 100 Å². The van der Waals surface area contributed by atoms with Gasteiger partial charge in [0.25, 0.3) is 0 Å². The van der Waals surface area contributed by atoms with E-state index in [2.05, 4.69) is 13.9 Å². The summed E-state index contributed by atoms with van der Waals surface area (Å²) >= 11 is -2.09. The summed E-state index contributed by atoms with van der Waals surface area (Å²) in [6.07, 6.45) is 10.9. The van der Waals surface area contributed by atoms with Crippen molar-refractivity contribution < 1.29 is 240 Å². The molecule has 0 saturated carbocycles. The molecule has 2 heterocycles. The Kier molecular flexibility index (Phi) is 32.1. The van der Waals surface area contributed by atoms with E-state index in [0.29, 0.717) is 100 Å². The number of carboxylic acids is 2. The minimum atomic E-state index is -5.04. The fraction of sp³-hybridized carbons (Fsp3) is 0.373. The summed E-state index contributed by atoms with van der Waals surface area (Å²) < 4.78 is 125. The van der Waals surface area contributed by atoms with Crippen LogP contribution in [0.5, 0.6) is 17.2 Å². The first-order chi connectivity index (χ1) is 39.6. The van der Waals surface area contributed by atoms with Crippen LogP contribution in [0.15, 0.2) is 117 Å². The van der Waals surface area contributed by atoms with Crippen molar-refractivity contribution in [1.82, 2.24) is 0 Å². The monoisotopic (exact) mass is 1340 g/mol. The van der Waals surface area contributed by atoms with Crippen LogP contribution in [0.4, 0.5) is 11.4 Å². The summed E-state index contributed by atoms with van der Waals surface area (Å²) in [5, 5.41) is 39.8. The molecule has 0 radical (unpaired) electrons. The SMILES string of the molecule is Cc1cc(OC2=C(/C=C/C3=[N+](CCCCOS(=O)[O-])c4ccc5cc(SOO[O-])cc(OCC(=O)[O-])c5c4C3(C)C)CCC/C2=C\C=C2\N(CCCCS(=O)(=O)[O-])c3ccc4cc(S(=O)(=O)[O-])cc(OCC(=O)[O-])c4c3C2(C)C)cc(C)c1C.[Na+].[Na+].[Na+].[Na+].[Na+]. The van der Waals surface area contributed by atoms with Crippen LogP contribution in [0.2, 0.25) is 0 Å². The van der Waals surface area contributed by atoms with Crippen LogP contribution in [0.25, 0.3) is 21.5 Å². The summed E-state index contributed by atoms with van der Waals surface area (Å²) in [4.78, 5) is 25.3. The Balaban J connectivity index is 0.00000414. The van der Waals surface area contributed by atoms with Gasteiger partial charge in [-0.05, 0) is 178 Å². The number of nitrogens with zero attached hydrogens (tertiary/aromatic N) is 2.